The number of benzene rings is 1. The van der Waals surface area contributed by atoms with Crippen molar-refractivity contribution in [1.82, 2.24) is 14.7 Å². The van der Waals surface area contributed by atoms with E-state index in [2.05, 4.69) is 36.1 Å². The maximum atomic E-state index is 12.3. The monoisotopic (exact) mass is 437 g/mol. The molecule has 168 valence electrons. The molecule has 2 aliphatic carbocycles. The van der Waals surface area contributed by atoms with Crippen molar-refractivity contribution in [2.24, 2.45) is 11.8 Å². The van der Waals surface area contributed by atoms with Gasteiger partial charge >= 0.3 is 11.7 Å². The number of rotatable bonds is 4. The van der Waals surface area contributed by atoms with Crippen LogP contribution in [0.1, 0.15) is 73.7 Å². The van der Waals surface area contributed by atoms with Crippen molar-refractivity contribution in [3.63, 3.8) is 0 Å². The van der Waals surface area contributed by atoms with E-state index < -0.39 is 17.3 Å². The lowest BCUT2D eigenvalue weighted by atomic mass is 9.83. The van der Waals surface area contributed by atoms with Crippen molar-refractivity contribution >= 4 is 16.9 Å². The molecule has 3 aromatic rings. The fourth-order valence-corrected chi connectivity index (χ4v) is 6.67. The van der Waals surface area contributed by atoms with E-state index in [0.717, 1.165) is 49.6 Å². The SMILES string of the molecule is CC1(C)C[C@@H](c2ccc3c(c2)cc(C(=O)O)n3C2(c3noc(=O)[nH]3)C3CCCC32)CCO1. The van der Waals surface area contributed by atoms with Crippen molar-refractivity contribution in [1.29, 1.82) is 0 Å². The second-order valence-electron chi connectivity index (χ2n) is 10.2. The van der Waals surface area contributed by atoms with E-state index in [1.54, 1.807) is 6.07 Å². The molecule has 2 unspecified atom stereocenters. The average Bonchev–Trinajstić information content (AvgIpc) is 3.24. The molecule has 1 aliphatic heterocycles. The molecule has 3 fully saturated rings. The van der Waals surface area contributed by atoms with Crippen LogP contribution in [0.4, 0.5) is 0 Å². The highest BCUT2D eigenvalue weighted by molar-refractivity contribution is 5.95. The number of fused-ring (bicyclic) bond motifs is 2. The normalized spacial score (nSPS) is 31.0. The van der Waals surface area contributed by atoms with Gasteiger partial charge in [0.25, 0.3) is 0 Å². The number of H-pyrrole nitrogens is 1. The van der Waals surface area contributed by atoms with Gasteiger partial charge in [-0.25, -0.2) is 9.59 Å². The number of nitrogens with one attached hydrogen (secondary N) is 1. The van der Waals surface area contributed by atoms with Gasteiger partial charge in [0.2, 0.25) is 0 Å². The molecule has 32 heavy (non-hydrogen) atoms. The first-order valence-corrected chi connectivity index (χ1v) is 11.4. The summed E-state index contributed by atoms with van der Waals surface area (Å²) >= 11 is 0. The molecule has 0 amide bonds. The predicted molar refractivity (Wildman–Crippen MR) is 116 cm³/mol. The Balaban J connectivity index is 1.52. The highest BCUT2D eigenvalue weighted by Crippen LogP contribution is 2.68. The summed E-state index contributed by atoms with van der Waals surface area (Å²) in [6, 6.07) is 8.04. The molecule has 0 spiro atoms. The smallest absolute Gasteiger partial charge is 0.438 e. The maximum Gasteiger partial charge on any atom is 0.438 e. The Labute approximate surface area is 184 Å². The molecular weight excluding hydrogens is 410 g/mol. The number of nitrogens with zero attached hydrogens (tertiary/aromatic N) is 2. The summed E-state index contributed by atoms with van der Waals surface area (Å²) in [5.74, 6) is -0.290. The second kappa shape index (κ2) is 6.57. The summed E-state index contributed by atoms with van der Waals surface area (Å²) in [7, 11) is 0. The molecular formula is C24H27N3O5. The van der Waals surface area contributed by atoms with E-state index in [-0.39, 0.29) is 23.1 Å². The number of carboxylic acid groups (broad SMARTS) is 1. The molecule has 3 atom stereocenters. The fraction of sp³-hybridized carbons (Fsp3) is 0.542. The molecule has 1 aromatic carbocycles. The molecule has 2 aromatic heterocycles. The van der Waals surface area contributed by atoms with Crippen LogP contribution < -0.4 is 5.76 Å². The molecule has 2 saturated carbocycles. The number of aromatic nitrogens is 3. The van der Waals surface area contributed by atoms with Gasteiger partial charge < -0.3 is 14.4 Å². The number of aromatic carboxylic acids is 1. The largest absolute Gasteiger partial charge is 0.477 e. The first kappa shape index (κ1) is 19.8. The number of hydrogen-bond acceptors (Lipinski definition) is 5. The molecule has 2 N–H and O–H groups in total. The van der Waals surface area contributed by atoms with Crippen LogP contribution in [-0.2, 0) is 10.3 Å². The van der Waals surface area contributed by atoms with Gasteiger partial charge in [-0.05, 0) is 81.0 Å². The Morgan fingerprint density at radius 3 is 2.66 bits per heavy atom. The molecule has 8 heteroatoms. The Morgan fingerprint density at radius 2 is 2.00 bits per heavy atom. The third kappa shape index (κ3) is 2.68. The van der Waals surface area contributed by atoms with Crippen LogP contribution in [0.25, 0.3) is 10.9 Å². The minimum atomic E-state index is -0.981. The molecule has 3 aliphatic rings. The molecule has 8 nitrogen and oxygen atoms in total. The molecule has 1 saturated heterocycles. The van der Waals surface area contributed by atoms with Crippen molar-refractivity contribution in [2.75, 3.05) is 6.61 Å². The van der Waals surface area contributed by atoms with Crippen LogP contribution in [0, 0.1) is 11.8 Å². The lowest BCUT2D eigenvalue weighted by Gasteiger charge is -2.35. The highest BCUT2D eigenvalue weighted by Gasteiger charge is 2.71. The fourth-order valence-electron chi connectivity index (χ4n) is 6.67. The molecule has 6 rings (SSSR count). The first-order chi connectivity index (χ1) is 15.3. The highest BCUT2D eigenvalue weighted by atomic mass is 16.5. The number of hydrogen-bond donors (Lipinski definition) is 2. The van der Waals surface area contributed by atoms with E-state index in [0.29, 0.717) is 11.7 Å². The summed E-state index contributed by atoms with van der Waals surface area (Å²) in [5, 5.41) is 15.0. The van der Waals surface area contributed by atoms with Crippen molar-refractivity contribution in [3.8, 4) is 0 Å². The second-order valence-corrected chi connectivity index (χ2v) is 10.2. The van der Waals surface area contributed by atoms with Crippen LogP contribution in [0.15, 0.2) is 33.6 Å². The van der Waals surface area contributed by atoms with E-state index in [1.165, 1.54) is 5.56 Å². The Kier molecular flexibility index (Phi) is 4.06. The van der Waals surface area contributed by atoms with E-state index >= 15 is 0 Å². The first-order valence-electron chi connectivity index (χ1n) is 11.4. The Hall–Kier alpha value is -2.87. The predicted octanol–water partition coefficient (Wildman–Crippen LogP) is 3.86. The lowest BCUT2D eigenvalue weighted by molar-refractivity contribution is -0.0592. The lowest BCUT2D eigenvalue weighted by Crippen LogP contribution is -2.33. The number of carbonyl (C=O) groups is 1. The topological polar surface area (TPSA) is 110 Å². The Morgan fingerprint density at radius 1 is 1.22 bits per heavy atom. The summed E-state index contributed by atoms with van der Waals surface area (Å²) < 4.78 is 12.6. The van der Waals surface area contributed by atoms with E-state index in [9.17, 15) is 14.7 Å². The van der Waals surface area contributed by atoms with Gasteiger partial charge in [0.05, 0.1) is 5.60 Å². The third-order valence-electron chi connectivity index (χ3n) is 7.94. The van der Waals surface area contributed by atoms with Gasteiger partial charge in [0.1, 0.15) is 11.2 Å². The van der Waals surface area contributed by atoms with Crippen molar-refractivity contribution < 1.29 is 19.2 Å². The zero-order valence-corrected chi connectivity index (χ0v) is 18.3. The van der Waals surface area contributed by atoms with Crippen LogP contribution in [-0.4, -0.2) is 38.0 Å². The molecule has 0 radical (unpaired) electrons. The zero-order valence-electron chi connectivity index (χ0n) is 18.3. The standard InChI is InChI=1S/C24H27N3O5/c1-23(2)12-14(8-9-31-23)13-6-7-18-15(10-13)11-19(20(28)29)27(18)24(16-4-3-5-17(16)24)21-25-22(30)32-26-21/h6-7,10-11,14,16-17H,3-5,8-9,12H2,1-2H3,(H,28,29)(H,25,26,30)/t14-,16?,17?,24?/m0/s1. The zero-order chi connectivity index (χ0) is 22.3. The summed E-state index contributed by atoms with van der Waals surface area (Å²) in [4.78, 5) is 26.9. The molecule has 3 heterocycles. The Bertz CT molecular complexity index is 1270. The molecule has 0 bridgehead atoms. The van der Waals surface area contributed by atoms with Gasteiger partial charge in [0.15, 0.2) is 5.82 Å². The minimum Gasteiger partial charge on any atom is -0.477 e. The summed E-state index contributed by atoms with van der Waals surface area (Å²) in [6.45, 7) is 4.96. The quantitative estimate of drug-likeness (QED) is 0.641. The van der Waals surface area contributed by atoms with Crippen LogP contribution >= 0.6 is 0 Å². The van der Waals surface area contributed by atoms with Crippen LogP contribution in [0.3, 0.4) is 0 Å². The van der Waals surface area contributed by atoms with E-state index in [4.69, 9.17) is 9.26 Å². The van der Waals surface area contributed by atoms with Gasteiger partial charge in [0, 0.05) is 17.5 Å². The van der Waals surface area contributed by atoms with Gasteiger partial charge in [-0.2, -0.15) is 0 Å². The van der Waals surface area contributed by atoms with Crippen molar-refractivity contribution in [2.45, 2.75) is 63.0 Å². The number of carboxylic acids is 1. The average molecular weight is 437 g/mol. The maximum absolute atomic E-state index is 12.3. The van der Waals surface area contributed by atoms with Crippen LogP contribution in [0.5, 0.6) is 0 Å². The summed E-state index contributed by atoms with van der Waals surface area (Å²) in [5.41, 5.74) is 1.47. The van der Waals surface area contributed by atoms with Crippen molar-refractivity contribution in [3.05, 3.63) is 51.9 Å². The van der Waals surface area contributed by atoms with Gasteiger partial charge in [-0.3, -0.25) is 9.51 Å². The number of ether oxygens (including phenoxy) is 1. The minimum absolute atomic E-state index is 0.162. The third-order valence-corrected chi connectivity index (χ3v) is 7.94. The van der Waals surface area contributed by atoms with Gasteiger partial charge in [-0.1, -0.05) is 17.6 Å². The van der Waals surface area contributed by atoms with E-state index in [1.807, 2.05) is 10.6 Å². The number of aromatic amines is 1. The van der Waals surface area contributed by atoms with Gasteiger partial charge in [-0.15, -0.1) is 0 Å². The van der Waals surface area contributed by atoms with Crippen LogP contribution in [0.2, 0.25) is 0 Å². The summed E-state index contributed by atoms with van der Waals surface area (Å²) in [6.07, 6.45) is 4.94.